The highest BCUT2D eigenvalue weighted by atomic mass is 32.2. The van der Waals surface area contributed by atoms with Crippen molar-refractivity contribution in [1.29, 1.82) is 0 Å². The van der Waals surface area contributed by atoms with E-state index in [1.165, 1.54) is 18.2 Å². The minimum Gasteiger partial charge on any atom is -0.339 e. The zero-order valence-corrected chi connectivity index (χ0v) is 15.9. The fraction of sp³-hybridized carbons (Fsp3) is 0.632. The van der Waals surface area contributed by atoms with Gasteiger partial charge in [0.05, 0.1) is 16.3 Å². The molecule has 1 aromatic rings. The predicted molar refractivity (Wildman–Crippen MR) is 99.7 cm³/mol. The first-order valence-corrected chi connectivity index (χ1v) is 10.2. The standard InChI is InChI=1S/C19H27N3O2S/c1-14-6-5-7-15(2)22(14)18(23)13-25-17-9-8-16(12-20-17)19(24)21-10-3-4-11-21/h8-9,12,14-15H,3-7,10-11,13H2,1-2H3. The van der Waals surface area contributed by atoms with Crippen LogP contribution in [0.5, 0.6) is 0 Å². The molecule has 5 nitrogen and oxygen atoms in total. The number of likely N-dealkylation sites (tertiary alicyclic amines) is 2. The summed E-state index contributed by atoms with van der Waals surface area (Å²) in [4.78, 5) is 33.2. The molecule has 2 saturated heterocycles. The third-order valence-electron chi connectivity index (χ3n) is 5.20. The number of nitrogens with zero attached hydrogens (tertiary/aromatic N) is 3. The van der Waals surface area contributed by atoms with E-state index in [9.17, 15) is 9.59 Å². The number of piperidine rings is 1. The van der Waals surface area contributed by atoms with Crippen molar-refractivity contribution in [2.45, 2.75) is 63.1 Å². The van der Waals surface area contributed by atoms with E-state index < -0.39 is 0 Å². The number of rotatable bonds is 4. The average molecular weight is 362 g/mol. The Kier molecular flexibility index (Phi) is 5.99. The highest BCUT2D eigenvalue weighted by Crippen LogP contribution is 2.25. The second kappa shape index (κ2) is 8.21. The zero-order valence-electron chi connectivity index (χ0n) is 15.1. The van der Waals surface area contributed by atoms with Gasteiger partial charge in [0.1, 0.15) is 0 Å². The van der Waals surface area contributed by atoms with Crippen LogP contribution in [0.2, 0.25) is 0 Å². The van der Waals surface area contributed by atoms with Gasteiger partial charge in [-0.05, 0) is 58.1 Å². The number of carbonyl (C=O) groups is 2. The molecule has 2 aliphatic heterocycles. The van der Waals surface area contributed by atoms with Gasteiger partial charge in [-0.25, -0.2) is 4.98 Å². The lowest BCUT2D eigenvalue weighted by Crippen LogP contribution is -2.48. The van der Waals surface area contributed by atoms with E-state index >= 15 is 0 Å². The highest BCUT2D eigenvalue weighted by Gasteiger charge is 2.28. The minimum atomic E-state index is 0.0635. The Labute approximate surface area is 154 Å². The van der Waals surface area contributed by atoms with Crippen molar-refractivity contribution in [3.05, 3.63) is 23.9 Å². The topological polar surface area (TPSA) is 53.5 Å². The molecule has 0 aliphatic carbocycles. The summed E-state index contributed by atoms with van der Waals surface area (Å²) in [6.07, 6.45) is 7.19. The van der Waals surface area contributed by atoms with Crippen LogP contribution in [-0.4, -0.2) is 57.5 Å². The Morgan fingerprint density at radius 1 is 1.12 bits per heavy atom. The molecule has 0 N–H and O–H groups in total. The Morgan fingerprint density at radius 2 is 1.80 bits per heavy atom. The van der Waals surface area contributed by atoms with Gasteiger partial charge in [0, 0.05) is 31.4 Å². The normalized spacial score (nSPS) is 23.8. The van der Waals surface area contributed by atoms with Crippen LogP contribution >= 0.6 is 11.8 Å². The van der Waals surface area contributed by atoms with E-state index in [4.69, 9.17) is 0 Å². The third-order valence-corrected chi connectivity index (χ3v) is 6.13. The van der Waals surface area contributed by atoms with Crippen molar-refractivity contribution in [2.24, 2.45) is 0 Å². The molecular formula is C19H27N3O2S. The molecule has 0 aromatic carbocycles. The molecule has 0 spiro atoms. The molecule has 0 saturated carbocycles. The molecule has 1 aromatic heterocycles. The van der Waals surface area contributed by atoms with E-state index in [-0.39, 0.29) is 11.8 Å². The van der Waals surface area contributed by atoms with Gasteiger partial charge in [0.15, 0.2) is 0 Å². The van der Waals surface area contributed by atoms with Crippen molar-refractivity contribution >= 4 is 23.6 Å². The number of aromatic nitrogens is 1. The second-order valence-electron chi connectivity index (χ2n) is 7.10. The number of thioether (sulfide) groups is 1. The molecule has 2 amide bonds. The van der Waals surface area contributed by atoms with Crippen LogP contribution < -0.4 is 0 Å². The smallest absolute Gasteiger partial charge is 0.255 e. The summed E-state index contributed by atoms with van der Waals surface area (Å²) in [6.45, 7) is 5.95. The monoisotopic (exact) mass is 361 g/mol. The molecule has 0 bridgehead atoms. The van der Waals surface area contributed by atoms with E-state index in [0.29, 0.717) is 23.4 Å². The molecule has 25 heavy (non-hydrogen) atoms. The van der Waals surface area contributed by atoms with Gasteiger partial charge in [0.25, 0.3) is 5.91 Å². The maximum Gasteiger partial charge on any atom is 0.255 e. The lowest BCUT2D eigenvalue weighted by molar-refractivity contribution is -0.134. The van der Waals surface area contributed by atoms with Gasteiger partial charge in [0.2, 0.25) is 5.91 Å². The summed E-state index contributed by atoms with van der Waals surface area (Å²) in [7, 11) is 0. The van der Waals surface area contributed by atoms with Gasteiger partial charge in [-0.15, -0.1) is 0 Å². The van der Waals surface area contributed by atoms with Crippen molar-refractivity contribution in [3.63, 3.8) is 0 Å². The molecule has 3 heterocycles. The zero-order chi connectivity index (χ0) is 17.8. The SMILES string of the molecule is CC1CCCC(C)N1C(=O)CSc1ccc(C(=O)N2CCCC2)cn1. The Hall–Kier alpha value is -1.56. The van der Waals surface area contributed by atoms with Crippen LogP contribution in [0.25, 0.3) is 0 Å². The van der Waals surface area contributed by atoms with Crippen LogP contribution in [0.3, 0.4) is 0 Å². The summed E-state index contributed by atoms with van der Waals surface area (Å²) in [5.41, 5.74) is 0.635. The van der Waals surface area contributed by atoms with Gasteiger partial charge in [-0.1, -0.05) is 11.8 Å². The number of hydrogen-bond donors (Lipinski definition) is 0. The largest absolute Gasteiger partial charge is 0.339 e. The lowest BCUT2D eigenvalue weighted by Gasteiger charge is -2.39. The first kappa shape index (κ1) is 18.2. The Bertz CT molecular complexity index is 604. The summed E-state index contributed by atoms with van der Waals surface area (Å²) in [5, 5.41) is 0.795. The van der Waals surface area contributed by atoms with Crippen molar-refractivity contribution in [2.75, 3.05) is 18.8 Å². The first-order valence-electron chi connectivity index (χ1n) is 9.25. The van der Waals surface area contributed by atoms with Crippen LogP contribution in [0.1, 0.15) is 56.3 Å². The van der Waals surface area contributed by atoms with E-state index in [1.54, 1.807) is 6.20 Å². The van der Waals surface area contributed by atoms with Crippen molar-refractivity contribution < 1.29 is 9.59 Å². The maximum atomic E-state index is 12.6. The Morgan fingerprint density at radius 3 is 2.40 bits per heavy atom. The van der Waals surface area contributed by atoms with Crippen molar-refractivity contribution in [1.82, 2.24) is 14.8 Å². The predicted octanol–water partition coefficient (Wildman–Crippen LogP) is 3.20. The molecule has 3 rings (SSSR count). The average Bonchev–Trinajstić information content (AvgIpc) is 3.14. The number of amides is 2. The van der Waals surface area contributed by atoms with E-state index in [1.807, 2.05) is 21.9 Å². The number of hydrogen-bond acceptors (Lipinski definition) is 4. The van der Waals surface area contributed by atoms with Gasteiger partial charge < -0.3 is 9.80 Å². The molecule has 136 valence electrons. The van der Waals surface area contributed by atoms with Crippen LogP contribution in [-0.2, 0) is 4.79 Å². The highest BCUT2D eigenvalue weighted by molar-refractivity contribution is 7.99. The molecule has 2 unspecified atom stereocenters. The molecule has 0 radical (unpaired) electrons. The number of carbonyl (C=O) groups excluding carboxylic acids is 2. The fourth-order valence-electron chi connectivity index (χ4n) is 3.82. The first-order chi connectivity index (χ1) is 12.1. The van der Waals surface area contributed by atoms with Gasteiger partial charge >= 0.3 is 0 Å². The summed E-state index contributed by atoms with van der Waals surface area (Å²) in [5.74, 6) is 0.651. The summed E-state index contributed by atoms with van der Waals surface area (Å²) < 4.78 is 0. The molecule has 2 fully saturated rings. The van der Waals surface area contributed by atoms with Gasteiger partial charge in [-0.3, -0.25) is 9.59 Å². The molecular weight excluding hydrogens is 334 g/mol. The fourth-order valence-corrected chi connectivity index (χ4v) is 4.53. The van der Waals surface area contributed by atoms with Crippen LogP contribution in [0, 0.1) is 0 Å². The van der Waals surface area contributed by atoms with Crippen LogP contribution in [0.15, 0.2) is 23.4 Å². The summed E-state index contributed by atoms with van der Waals surface area (Å²) >= 11 is 1.45. The van der Waals surface area contributed by atoms with E-state index in [2.05, 4.69) is 18.8 Å². The maximum absolute atomic E-state index is 12.6. The molecule has 2 atom stereocenters. The molecule has 2 aliphatic rings. The number of pyridine rings is 1. The van der Waals surface area contributed by atoms with Gasteiger partial charge in [-0.2, -0.15) is 0 Å². The second-order valence-corrected chi connectivity index (χ2v) is 8.10. The summed E-state index contributed by atoms with van der Waals surface area (Å²) in [6, 6.07) is 4.33. The lowest BCUT2D eigenvalue weighted by atomic mass is 9.98. The quantitative estimate of drug-likeness (QED) is 0.773. The minimum absolute atomic E-state index is 0.0635. The van der Waals surface area contributed by atoms with Crippen molar-refractivity contribution in [3.8, 4) is 0 Å². The van der Waals surface area contributed by atoms with E-state index in [0.717, 1.165) is 43.8 Å². The molecule has 6 heteroatoms. The van der Waals surface area contributed by atoms with Crippen LogP contribution in [0.4, 0.5) is 0 Å². The third kappa shape index (κ3) is 4.35. The Balaban J connectivity index is 1.54.